The van der Waals surface area contributed by atoms with Gasteiger partial charge in [0.05, 0.1) is 10.0 Å². The number of aryl methyl sites for hydroxylation is 1. The van der Waals surface area contributed by atoms with Gasteiger partial charge in [0.1, 0.15) is 4.90 Å². The number of H-pyrrole nitrogens is 1. The standard InChI is InChI=1S/C11H11Cl2N3O2S/c1-6-7(2)14-15-11(6)16-19(17,18)10-8(12)4-3-5-9(10)13/h3-5H,1-2H3,(H2,14,15,16). The van der Waals surface area contributed by atoms with Crippen molar-refractivity contribution in [3.8, 4) is 0 Å². The quantitative estimate of drug-likeness (QED) is 0.912. The number of sulfonamides is 1. The summed E-state index contributed by atoms with van der Waals surface area (Å²) >= 11 is 11.8. The molecule has 1 heterocycles. The fraction of sp³-hybridized carbons (Fsp3) is 0.182. The van der Waals surface area contributed by atoms with E-state index in [2.05, 4.69) is 14.9 Å². The van der Waals surface area contributed by atoms with Crippen LogP contribution in [0.5, 0.6) is 0 Å². The molecule has 2 aromatic rings. The second kappa shape index (κ2) is 5.03. The van der Waals surface area contributed by atoms with Gasteiger partial charge in [-0.3, -0.25) is 9.82 Å². The van der Waals surface area contributed by atoms with Gasteiger partial charge in [-0.15, -0.1) is 0 Å². The second-order valence-corrected chi connectivity index (χ2v) is 6.41. The highest BCUT2D eigenvalue weighted by Gasteiger charge is 2.23. The molecule has 0 aliphatic heterocycles. The number of aromatic nitrogens is 2. The van der Waals surface area contributed by atoms with E-state index in [1.54, 1.807) is 19.9 Å². The van der Waals surface area contributed by atoms with E-state index in [4.69, 9.17) is 23.2 Å². The summed E-state index contributed by atoms with van der Waals surface area (Å²) < 4.78 is 26.9. The molecular formula is C11H11Cl2N3O2S. The fourth-order valence-corrected chi connectivity index (χ4v) is 3.71. The molecule has 0 atom stereocenters. The van der Waals surface area contributed by atoms with Crippen LogP contribution in [0.2, 0.25) is 10.0 Å². The van der Waals surface area contributed by atoms with Gasteiger partial charge >= 0.3 is 0 Å². The van der Waals surface area contributed by atoms with Gasteiger partial charge in [0.25, 0.3) is 10.0 Å². The van der Waals surface area contributed by atoms with Crippen molar-refractivity contribution in [3.63, 3.8) is 0 Å². The van der Waals surface area contributed by atoms with Gasteiger partial charge in [-0.2, -0.15) is 5.10 Å². The summed E-state index contributed by atoms with van der Waals surface area (Å²) in [6.45, 7) is 3.55. The molecule has 0 saturated carbocycles. The molecule has 0 aliphatic carbocycles. The smallest absolute Gasteiger partial charge is 0.266 e. The lowest BCUT2D eigenvalue weighted by Crippen LogP contribution is -2.15. The first-order chi connectivity index (χ1) is 8.83. The van der Waals surface area contributed by atoms with Crippen LogP contribution in [0.1, 0.15) is 11.3 Å². The van der Waals surface area contributed by atoms with Crippen molar-refractivity contribution in [2.75, 3.05) is 4.72 Å². The molecule has 0 bridgehead atoms. The first kappa shape index (κ1) is 14.2. The van der Waals surface area contributed by atoms with Gasteiger partial charge in [0.15, 0.2) is 5.82 Å². The Morgan fingerprint density at radius 3 is 2.26 bits per heavy atom. The predicted octanol–water partition coefficient (Wildman–Crippen LogP) is 3.13. The molecule has 0 spiro atoms. The largest absolute Gasteiger partial charge is 0.280 e. The molecule has 0 amide bonds. The maximum atomic E-state index is 12.3. The highest BCUT2D eigenvalue weighted by molar-refractivity contribution is 7.93. The monoisotopic (exact) mass is 319 g/mol. The molecule has 0 saturated heterocycles. The van der Waals surface area contributed by atoms with Crippen molar-refractivity contribution in [1.29, 1.82) is 0 Å². The zero-order valence-electron chi connectivity index (χ0n) is 10.2. The summed E-state index contributed by atoms with van der Waals surface area (Å²) in [6.07, 6.45) is 0. The van der Waals surface area contributed by atoms with Crippen LogP contribution < -0.4 is 4.72 Å². The first-order valence-electron chi connectivity index (χ1n) is 5.31. The number of aromatic amines is 1. The molecule has 1 aromatic heterocycles. The topological polar surface area (TPSA) is 74.8 Å². The summed E-state index contributed by atoms with van der Waals surface area (Å²) in [5.74, 6) is 0.230. The maximum absolute atomic E-state index is 12.3. The number of halogens is 2. The number of nitrogens with zero attached hydrogens (tertiary/aromatic N) is 1. The van der Waals surface area contributed by atoms with Crippen molar-refractivity contribution in [3.05, 3.63) is 39.5 Å². The van der Waals surface area contributed by atoms with Crippen LogP contribution in [0.25, 0.3) is 0 Å². The van der Waals surface area contributed by atoms with E-state index in [-0.39, 0.29) is 20.8 Å². The Balaban J connectivity index is 2.47. The summed E-state index contributed by atoms with van der Waals surface area (Å²) in [5, 5.41) is 6.70. The third-order valence-electron chi connectivity index (χ3n) is 2.67. The highest BCUT2D eigenvalue weighted by atomic mass is 35.5. The van der Waals surface area contributed by atoms with Crippen LogP contribution in [0.15, 0.2) is 23.1 Å². The van der Waals surface area contributed by atoms with E-state index in [1.807, 2.05) is 0 Å². The average Bonchev–Trinajstić information content (AvgIpc) is 2.60. The average molecular weight is 320 g/mol. The summed E-state index contributed by atoms with van der Waals surface area (Å²) in [7, 11) is -3.88. The van der Waals surface area contributed by atoms with Gasteiger partial charge in [-0.1, -0.05) is 29.3 Å². The van der Waals surface area contributed by atoms with Crippen molar-refractivity contribution < 1.29 is 8.42 Å². The zero-order valence-corrected chi connectivity index (χ0v) is 12.5. The van der Waals surface area contributed by atoms with E-state index < -0.39 is 10.0 Å². The summed E-state index contributed by atoms with van der Waals surface area (Å²) in [6, 6.07) is 4.50. The number of benzene rings is 1. The SMILES string of the molecule is Cc1[nH]nc(NS(=O)(=O)c2c(Cl)cccc2Cl)c1C. The van der Waals surface area contributed by atoms with Gasteiger partial charge in [0, 0.05) is 11.3 Å². The maximum Gasteiger partial charge on any atom is 0.266 e. The van der Waals surface area contributed by atoms with Crippen LogP contribution in [-0.2, 0) is 10.0 Å². The van der Waals surface area contributed by atoms with Crippen molar-refractivity contribution >= 4 is 39.0 Å². The molecule has 19 heavy (non-hydrogen) atoms. The van der Waals surface area contributed by atoms with Crippen LogP contribution in [0.4, 0.5) is 5.82 Å². The molecule has 2 rings (SSSR count). The normalized spacial score (nSPS) is 11.6. The lowest BCUT2D eigenvalue weighted by atomic mass is 10.3. The van der Waals surface area contributed by atoms with E-state index in [9.17, 15) is 8.42 Å². The van der Waals surface area contributed by atoms with Gasteiger partial charge in [-0.25, -0.2) is 8.42 Å². The van der Waals surface area contributed by atoms with Crippen LogP contribution in [0.3, 0.4) is 0 Å². The zero-order chi connectivity index (χ0) is 14.2. The minimum atomic E-state index is -3.88. The fourth-order valence-electron chi connectivity index (χ4n) is 1.50. The Kier molecular flexibility index (Phi) is 3.75. The molecule has 0 unspecified atom stereocenters. The van der Waals surface area contributed by atoms with Crippen molar-refractivity contribution in [2.24, 2.45) is 0 Å². The lowest BCUT2D eigenvalue weighted by molar-refractivity contribution is 0.601. The third kappa shape index (κ3) is 2.70. The summed E-state index contributed by atoms with van der Waals surface area (Å²) in [5.41, 5.74) is 1.50. The van der Waals surface area contributed by atoms with Crippen LogP contribution in [-0.4, -0.2) is 18.6 Å². The summed E-state index contributed by atoms with van der Waals surface area (Å²) in [4.78, 5) is -0.154. The molecule has 0 aliphatic rings. The molecule has 0 fully saturated rings. The molecule has 102 valence electrons. The Morgan fingerprint density at radius 1 is 1.21 bits per heavy atom. The van der Waals surface area contributed by atoms with E-state index in [0.717, 1.165) is 5.69 Å². The molecule has 1 aromatic carbocycles. The van der Waals surface area contributed by atoms with Crippen molar-refractivity contribution in [2.45, 2.75) is 18.7 Å². The van der Waals surface area contributed by atoms with Gasteiger partial charge in [0.2, 0.25) is 0 Å². The first-order valence-corrected chi connectivity index (χ1v) is 7.55. The lowest BCUT2D eigenvalue weighted by Gasteiger charge is -2.09. The second-order valence-electron chi connectivity index (χ2n) is 3.98. The minimum absolute atomic E-state index is 0.0601. The highest BCUT2D eigenvalue weighted by Crippen LogP contribution is 2.30. The number of nitrogens with one attached hydrogen (secondary N) is 2. The molecule has 0 radical (unpaired) electrons. The van der Waals surface area contributed by atoms with E-state index >= 15 is 0 Å². The van der Waals surface area contributed by atoms with Gasteiger partial charge in [-0.05, 0) is 26.0 Å². The predicted molar refractivity (Wildman–Crippen MR) is 75.3 cm³/mol. The van der Waals surface area contributed by atoms with E-state index in [1.165, 1.54) is 12.1 Å². The molecule has 2 N–H and O–H groups in total. The Bertz CT molecular complexity index is 705. The van der Waals surface area contributed by atoms with Crippen LogP contribution in [0, 0.1) is 13.8 Å². The molecular weight excluding hydrogens is 309 g/mol. The number of hydrogen-bond donors (Lipinski definition) is 2. The van der Waals surface area contributed by atoms with Gasteiger partial charge < -0.3 is 0 Å². The third-order valence-corrected chi connectivity index (χ3v) is 4.97. The number of rotatable bonds is 3. The Labute approximate surface area is 121 Å². The van der Waals surface area contributed by atoms with E-state index in [0.29, 0.717) is 5.56 Å². The van der Waals surface area contributed by atoms with Crippen molar-refractivity contribution in [1.82, 2.24) is 10.2 Å². The number of anilines is 1. The Hall–Kier alpha value is -1.24. The molecule has 8 heteroatoms. The Morgan fingerprint density at radius 2 is 1.79 bits per heavy atom. The minimum Gasteiger partial charge on any atom is -0.280 e. The molecule has 5 nitrogen and oxygen atoms in total. The number of hydrogen-bond acceptors (Lipinski definition) is 3. The van der Waals surface area contributed by atoms with Crippen LogP contribution >= 0.6 is 23.2 Å².